The van der Waals surface area contributed by atoms with E-state index >= 15 is 0 Å². The molecule has 2 unspecified atom stereocenters. The SMILES string of the molecule is N#Cc1ccc(C2NC(=O)N(c3cccc(C(F)(F)F)c3)C3=C2C(=O)N(CCCN(CCCN2CC4=C(C2=O)C(c2ccc(N)cc2)NC(=O)N4c2cccc(C(F)(F)F)c2)CC(=O)O)C3)cc1. The number of carboxylic acid groups (broad SMARTS) is 1. The number of nitriles is 1. The summed E-state index contributed by atoms with van der Waals surface area (Å²) in [5.74, 6) is -2.16. The number of halogens is 6. The van der Waals surface area contributed by atoms with E-state index in [1.54, 1.807) is 41.3 Å². The van der Waals surface area contributed by atoms with Crippen LogP contribution in [0.25, 0.3) is 0 Å². The maximum absolute atomic E-state index is 14.2. The first kappa shape index (κ1) is 46.7. The van der Waals surface area contributed by atoms with E-state index in [4.69, 9.17) is 5.73 Å². The van der Waals surface area contributed by atoms with E-state index in [0.29, 0.717) is 22.4 Å². The number of nitrogen functional groups attached to an aromatic ring is 1. The number of aliphatic carboxylic acids is 1. The first-order valence-corrected chi connectivity index (χ1v) is 21.2. The van der Waals surface area contributed by atoms with Gasteiger partial charge in [-0.15, -0.1) is 0 Å². The van der Waals surface area contributed by atoms with E-state index in [1.165, 1.54) is 34.1 Å². The number of carboxylic acids is 1. The third kappa shape index (κ3) is 9.40. The van der Waals surface area contributed by atoms with Crippen LogP contribution in [0.2, 0.25) is 0 Å². The lowest BCUT2D eigenvalue weighted by molar-refractivity contribution is -0.139. The molecule has 0 aromatic heterocycles. The summed E-state index contributed by atoms with van der Waals surface area (Å²) >= 11 is 0. The van der Waals surface area contributed by atoms with Gasteiger partial charge in [0.05, 0.1) is 88.4 Å². The van der Waals surface area contributed by atoms with Crippen molar-refractivity contribution in [3.63, 3.8) is 0 Å². The smallest absolute Gasteiger partial charge is 0.416 e. The molecular formula is C47H41F6N9O6. The van der Waals surface area contributed by atoms with Gasteiger partial charge in [0.2, 0.25) is 0 Å². The Kier molecular flexibility index (Phi) is 12.6. The lowest BCUT2D eigenvalue weighted by Gasteiger charge is -2.34. The van der Waals surface area contributed by atoms with Crippen molar-refractivity contribution in [3.05, 3.63) is 147 Å². The van der Waals surface area contributed by atoms with Gasteiger partial charge in [-0.25, -0.2) is 9.59 Å². The average Bonchev–Trinajstić information content (AvgIpc) is 3.79. The fourth-order valence-corrected chi connectivity index (χ4v) is 8.91. The number of anilines is 3. The van der Waals surface area contributed by atoms with Crippen LogP contribution in [-0.2, 0) is 26.7 Å². The molecule has 6 amide bonds. The Morgan fingerprint density at radius 1 is 0.691 bits per heavy atom. The lowest BCUT2D eigenvalue weighted by Crippen LogP contribution is -2.47. The van der Waals surface area contributed by atoms with Gasteiger partial charge in [0.15, 0.2) is 0 Å². The van der Waals surface area contributed by atoms with Crippen molar-refractivity contribution in [2.24, 2.45) is 0 Å². The van der Waals surface area contributed by atoms with Crippen molar-refractivity contribution in [3.8, 4) is 6.07 Å². The number of nitrogens with zero attached hydrogens (tertiary/aromatic N) is 6. The predicted octanol–water partition coefficient (Wildman–Crippen LogP) is 6.78. The number of hydrogen-bond donors (Lipinski definition) is 4. The maximum Gasteiger partial charge on any atom is 0.416 e. The van der Waals surface area contributed by atoms with Crippen molar-refractivity contribution in [2.45, 2.75) is 37.3 Å². The summed E-state index contributed by atoms with van der Waals surface area (Å²) in [5.41, 5.74) is 5.96. The number of carbonyl (C=O) groups excluding carboxylic acids is 4. The zero-order valence-corrected chi connectivity index (χ0v) is 35.8. The number of alkyl halides is 6. The van der Waals surface area contributed by atoms with Crippen LogP contribution < -0.4 is 26.2 Å². The van der Waals surface area contributed by atoms with Gasteiger partial charge in [-0.05, 0) is 84.6 Å². The van der Waals surface area contributed by atoms with Gasteiger partial charge in [-0.1, -0.05) is 36.4 Å². The van der Waals surface area contributed by atoms with Crippen LogP contribution >= 0.6 is 0 Å². The summed E-state index contributed by atoms with van der Waals surface area (Å²) < 4.78 is 82.6. The average molecular weight is 942 g/mol. The number of benzene rings is 4. The fourth-order valence-electron chi connectivity index (χ4n) is 8.91. The number of nitrogens with two attached hydrogens (primary N) is 1. The zero-order valence-electron chi connectivity index (χ0n) is 35.8. The largest absolute Gasteiger partial charge is 0.480 e. The monoisotopic (exact) mass is 941 g/mol. The van der Waals surface area contributed by atoms with Gasteiger partial charge in [0.25, 0.3) is 11.8 Å². The van der Waals surface area contributed by atoms with Crippen molar-refractivity contribution in [1.82, 2.24) is 25.3 Å². The van der Waals surface area contributed by atoms with Gasteiger partial charge >= 0.3 is 30.4 Å². The Balaban J connectivity index is 0.968. The number of urea groups is 2. The quantitative estimate of drug-likeness (QED) is 0.0779. The summed E-state index contributed by atoms with van der Waals surface area (Å²) in [4.78, 5) is 74.4. The molecule has 4 aromatic carbocycles. The highest BCUT2D eigenvalue weighted by atomic mass is 19.4. The van der Waals surface area contributed by atoms with Crippen LogP contribution in [0, 0.1) is 11.3 Å². The van der Waals surface area contributed by atoms with Crippen molar-refractivity contribution < 1.29 is 55.4 Å². The molecule has 21 heteroatoms. The van der Waals surface area contributed by atoms with Gasteiger partial charge in [-0.2, -0.15) is 31.6 Å². The number of carbonyl (C=O) groups is 5. The molecule has 4 aromatic rings. The third-order valence-electron chi connectivity index (χ3n) is 12.1. The second-order valence-electron chi connectivity index (χ2n) is 16.5. The lowest BCUT2D eigenvalue weighted by atomic mass is 9.94. The number of hydrogen-bond acceptors (Lipinski definition) is 8. The third-order valence-corrected chi connectivity index (χ3v) is 12.1. The Morgan fingerprint density at radius 3 is 1.51 bits per heavy atom. The molecule has 8 rings (SSSR count). The van der Waals surface area contributed by atoms with Gasteiger partial charge in [0.1, 0.15) is 0 Å². The molecule has 0 spiro atoms. The first-order chi connectivity index (χ1) is 32.3. The first-order valence-electron chi connectivity index (χ1n) is 21.2. The number of nitrogens with one attached hydrogen (secondary N) is 2. The second-order valence-corrected chi connectivity index (χ2v) is 16.5. The maximum atomic E-state index is 14.2. The van der Waals surface area contributed by atoms with Crippen LogP contribution in [0.3, 0.4) is 0 Å². The molecule has 352 valence electrons. The molecule has 0 saturated carbocycles. The topological polar surface area (TPSA) is 196 Å². The molecule has 2 atom stereocenters. The van der Waals surface area contributed by atoms with E-state index in [9.17, 15) is 60.7 Å². The van der Waals surface area contributed by atoms with E-state index in [2.05, 4.69) is 10.6 Å². The van der Waals surface area contributed by atoms with Gasteiger partial charge in [0, 0.05) is 31.9 Å². The summed E-state index contributed by atoms with van der Waals surface area (Å²) in [6.45, 7) is -0.340. The minimum absolute atomic E-state index is 0.0485. The minimum atomic E-state index is -4.72. The molecule has 0 saturated heterocycles. The Labute approximate surface area is 384 Å². The molecule has 0 aliphatic carbocycles. The molecule has 15 nitrogen and oxygen atoms in total. The minimum Gasteiger partial charge on any atom is -0.480 e. The van der Waals surface area contributed by atoms with Crippen LogP contribution in [-0.4, -0.2) is 95.5 Å². The number of rotatable bonds is 14. The Hall–Kier alpha value is -7.86. The summed E-state index contributed by atoms with van der Waals surface area (Å²) in [5, 5.41) is 24.6. The van der Waals surface area contributed by atoms with E-state index in [0.717, 1.165) is 46.2 Å². The van der Waals surface area contributed by atoms with Crippen LogP contribution in [0.5, 0.6) is 0 Å². The second kappa shape index (κ2) is 18.4. The predicted molar refractivity (Wildman–Crippen MR) is 233 cm³/mol. The van der Waals surface area contributed by atoms with Crippen molar-refractivity contribution in [1.29, 1.82) is 5.26 Å². The van der Waals surface area contributed by atoms with Crippen LogP contribution in [0.15, 0.2) is 120 Å². The molecule has 4 heterocycles. The van der Waals surface area contributed by atoms with Crippen LogP contribution in [0.1, 0.15) is 52.7 Å². The molecular weight excluding hydrogens is 901 g/mol. The van der Waals surface area contributed by atoms with E-state index in [1.807, 2.05) is 6.07 Å². The molecule has 0 fully saturated rings. The molecule has 5 N–H and O–H groups in total. The highest BCUT2D eigenvalue weighted by Gasteiger charge is 2.47. The number of amides is 6. The van der Waals surface area contributed by atoms with Gasteiger partial charge < -0.3 is 31.3 Å². The molecule has 4 aliphatic rings. The summed E-state index contributed by atoms with van der Waals surface area (Å²) in [7, 11) is 0. The highest BCUT2D eigenvalue weighted by molar-refractivity contribution is 6.08. The molecule has 4 aliphatic heterocycles. The van der Waals surface area contributed by atoms with E-state index < -0.39 is 72.0 Å². The van der Waals surface area contributed by atoms with Crippen molar-refractivity contribution >= 4 is 46.9 Å². The summed E-state index contributed by atoms with van der Waals surface area (Å²) in [6, 6.07) is 19.4. The highest BCUT2D eigenvalue weighted by Crippen LogP contribution is 2.42. The normalized spacial score (nSPS) is 18.6. The van der Waals surface area contributed by atoms with Crippen molar-refractivity contribution in [2.75, 3.05) is 61.3 Å². The summed E-state index contributed by atoms with van der Waals surface area (Å²) in [6.07, 6.45) is -8.99. The zero-order chi connectivity index (χ0) is 48.7. The van der Waals surface area contributed by atoms with Crippen LogP contribution in [0.4, 0.5) is 53.0 Å². The molecule has 68 heavy (non-hydrogen) atoms. The fraction of sp³-hybridized carbons (Fsp3) is 0.277. The standard InChI is InChI=1S/C47H41F6N9O6/c48-46(49,50)30-5-1-7-33(21-30)61-35-24-59(42(65)38(35)40(56-44(61)67)28-11-9-27(23-54)10-12-28)19-3-17-58(26-37(63)64)18-4-20-60-25-36-39(43(60)66)41(29-13-15-32(55)16-14-29)57-45(68)62(36)34-8-2-6-31(22-34)47(51,52)53/h1-2,5-16,21-22,40-41H,3-4,17-20,24-26,55H2,(H,56,67)(H,57,68)(H,63,64). The van der Waals surface area contributed by atoms with Gasteiger partial charge in [-0.3, -0.25) is 29.1 Å². The Morgan fingerprint density at radius 2 is 1.12 bits per heavy atom. The Bertz CT molecular complexity index is 2790. The molecule has 0 radical (unpaired) electrons. The van der Waals surface area contributed by atoms with E-state index in [-0.39, 0.29) is 86.0 Å². The molecule has 0 bridgehead atoms.